The second kappa shape index (κ2) is 5.93. The highest BCUT2D eigenvalue weighted by Crippen LogP contribution is 2.41. The number of aryl methyl sites for hydroxylation is 2. The number of fused-ring (bicyclic) bond motifs is 1. The molecule has 136 valence electrons. The number of rotatable bonds is 4. The molecular weight excluding hydrogens is 330 g/mol. The van der Waals surface area contributed by atoms with Gasteiger partial charge in [0, 0.05) is 23.7 Å². The molecule has 1 aliphatic heterocycles. The van der Waals surface area contributed by atoms with Crippen molar-refractivity contribution < 1.29 is 14.4 Å². The number of imidazole rings is 1. The van der Waals surface area contributed by atoms with Crippen LogP contribution < -0.4 is 0 Å². The number of nitrogens with one attached hydrogen (secondary N) is 1. The molecule has 0 spiro atoms. The van der Waals surface area contributed by atoms with Crippen LogP contribution in [0.5, 0.6) is 0 Å². The molecule has 5 rings (SSSR count). The Balaban J connectivity index is 1.69. The first kappa shape index (κ1) is 16.0. The van der Waals surface area contributed by atoms with E-state index < -0.39 is 6.10 Å². The lowest BCUT2D eigenvalue weighted by atomic mass is 9.95. The van der Waals surface area contributed by atoms with Gasteiger partial charge in [-0.1, -0.05) is 5.16 Å². The highest BCUT2D eigenvalue weighted by atomic mass is 16.5. The van der Waals surface area contributed by atoms with Crippen LogP contribution in [0.4, 0.5) is 0 Å². The summed E-state index contributed by atoms with van der Waals surface area (Å²) in [6, 6.07) is 4.12. The number of nitrogens with zero attached hydrogens (tertiary/aromatic N) is 2. The van der Waals surface area contributed by atoms with Gasteiger partial charge >= 0.3 is 0 Å². The quantitative estimate of drug-likeness (QED) is 0.742. The molecule has 2 aliphatic rings. The number of aromatic nitrogens is 3. The molecular formula is C20H23N3O3. The molecule has 6 nitrogen and oxygen atoms in total. The van der Waals surface area contributed by atoms with Crippen LogP contribution >= 0.6 is 0 Å². The van der Waals surface area contributed by atoms with Gasteiger partial charge in [0.15, 0.2) is 0 Å². The van der Waals surface area contributed by atoms with E-state index >= 15 is 0 Å². The van der Waals surface area contributed by atoms with Gasteiger partial charge in [-0.2, -0.15) is 0 Å². The van der Waals surface area contributed by atoms with Crippen LogP contribution in [0.2, 0.25) is 0 Å². The minimum absolute atomic E-state index is 0.167. The topological polar surface area (TPSA) is 84.2 Å². The SMILES string of the molecule is Cc1noc(C)c1-c1cc([C@@H](O)[C@@H]2CCCO2)c2nc(C3CC3)[nH]c2c1. The Morgan fingerprint density at radius 3 is 2.73 bits per heavy atom. The van der Waals surface area contributed by atoms with E-state index in [4.69, 9.17) is 14.2 Å². The van der Waals surface area contributed by atoms with Crippen LogP contribution in [-0.4, -0.2) is 32.9 Å². The molecule has 1 aromatic carbocycles. The third-order valence-electron chi connectivity index (χ3n) is 5.56. The number of aliphatic hydroxyl groups excluding tert-OH is 1. The second-order valence-corrected chi connectivity index (χ2v) is 7.55. The number of ether oxygens (including phenoxy) is 1. The molecule has 0 amide bonds. The van der Waals surface area contributed by atoms with Gasteiger partial charge in [0.2, 0.25) is 0 Å². The molecule has 1 saturated carbocycles. The van der Waals surface area contributed by atoms with Gasteiger partial charge in [0.25, 0.3) is 0 Å². The Bertz CT molecular complexity index is 945. The molecule has 2 aromatic heterocycles. The minimum Gasteiger partial charge on any atom is -0.386 e. The number of benzene rings is 1. The summed E-state index contributed by atoms with van der Waals surface area (Å²) >= 11 is 0. The van der Waals surface area contributed by atoms with Crippen LogP contribution in [0, 0.1) is 13.8 Å². The van der Waals surface area contributed by atoms with Crippen molar-refractivity contribution in [3.8, 4) is 11.1 Å². The molecule has 1 aliphatic carbocycles. The van der Waals surface area contributed by atoms with Crippen molar-refractivity contribution in [3.63, 3.8) is 0 Å². The van der Waals surface area contributed by atoms with E-state index in [1.165, 1.54) is 12.8 Å². The lowest BCUT2D eigenvalue weighted by Gasteiger charge is -2.19. The Morgan fingerprint density at radius 1 is 1.23 bits per heavy atom. The third kappa shape index (κ3) is 2.56. The van der Waals surface area contributed by atoms with E-state index in [0.29, 0.717) is 12.5 Å². The summed E-state index contributed by atoms with van der Waals surface area (Å²) in [6.07, 6.45) is 3.37. The molecule has 2 fully saturated rings. The van der Waals surface area contributed by atoms with Crippen molar-refractivity contribution in [2.45, 2.75) is 57.7 Å². The number of hydrogen-bond acceptors (Lipinski definition) is 5. The predicted molar refractivity (Wildman–Crippen MR) is 97.0 cm³/mol. The van der Waals surface area contributed by atoms with Gasteiger partial charge in [-0.05, 0) is 57.2 Å². The zero-order valence-corrected chi connectivity index (χ0v) is 15.1. The van der Waals surface area contributed by atoms with Crippen molar-refractivity contribution >= 4 is 11.0 Å². The van der Waals surface area contributed by atoms with Crippen LogP contribution in [-0.2, 0) is 4.74 Å². The maximum atomic E-state index is 11.0. The minimum atomic E-state index is -0.684. The van der Waals surface area contributed by atoms with Crippen molar-refractivity contribution in [3.05, 3.63) is 35.0 Å². The largest absolute Gasteiger partial charge is 0.386 e. The summed E-state index contributed by atoms with van der Waals surface area (Å²) in [7, 11) is 0. The normalized spacial score (nSPS) is 21.6. The lowest BCUT2D eigenvalue weighted by Crippen LogP contribution is -2.17. The summed E-state index contributed by atoms with van der Waals surface area (Å²) in [6.45, 7) is 4.56. The number of hydrogen-bond donors (Lipinski definition) is 2. The van der Waals surface area contributed by atoms with Crippen molar-refractivity contribution in [2.24, 2.45) is 0 Å². The zero-order chi connectivity index (χ0) is 17.8. The maximum Gasteiger partial charge on any atom is 0.141 e. The third-order valence-corrected chi connectivity index (χ3v) is 5.56. The van der Waals surface area contributed by atoms with E-state index in [0.717, 1.165) is 57.8 Å². The van der Waals surface area contributed by atoms with Gasteiger partial charge < -0.3 is 19.4 Å². The molecule has 6 heteroatoms. The summed E-state index contributed by atoms with van der Waals surface area (Å²) in [5.41, 5.74) is 5.46. The molecule has 0 radical (unpaired) electrons. The van der Waals surface area contributed by atoms with Crippen LogP contribution in [0.15, 0.2) is 16.7 Å². The van der Waals surface area contributed by atoms with Crippen molar-refractivity contribution in [2.75, 3.05) is 6.61 Å². The molecule has 26 heavy (non-hydrogen) atoms. The molecule has 0 bridgehead atoms. The standard InChI is InChI=1S/C20H23N3O3/c1-10-17(11(2)26-23-10)13-8-14(19(24)16-4-3-7-25-16)18-15(9-13)21-20(22-18)12-5-6-12/h8-9,12,16,19,24H,3-7H2,1-2H3,(H,21,22)/t16-,19+/m0/s1. The molecule has 1 saturated heterocycles. The van der Waals surface area contributed by atoms with Gasteiger partial charge in [0.05, 0.1) is 22.8 Å². The first-order chi connectivity index (χ1) is 12.6. The van der Waals surface area contributed by atoms with E-state index in [-0.39, 0.29) is 6.10 Å². The van der Waals surface area contributed by atoms with Crippen molar-refractivity contribution in [1.82, 2.24) is 15.1 Å². The van der Waals surface area contributed by atoms with E-state index in [9.17, 15) is 5.11 Å². The average molecular weight is 353 g/mol. The first-order valence-corrected chi connectivity index (χ1v) is 9.38. The molecule has 3 heterocycles. The van der Waals surface area contributed by atoms with Gasteiger partial charge in [-0.25, -0.2) is 4.98 Å². The second-order valence-electron chi connectivity index (χ2n) is 7.55. The van der Waals surface area contributed by atoms with Crippen LogP contribution in [0.3, 0.4) is 0 Å². The van der Waals surface area contributed by atoms with Gasteiger partial charge in [0.1, 0.15) is 17.7 Å². The Morgan fingerprint density at radius 2 is 2.08 bits per heavy atom. The van der Waals surface area contributed by atoms with Crippen molar-refractivity contribution in [1.29, 1.82) is 0 Å². The zero-order valence-electron chi connectivity index (χ0n) is 15.1. The van der Waals surface area contributed by atoms with E-state index in [2.05, 4.69) is 16.2 Å². The van der Waals surface area contributed by atoms with Gasteiger partial charge in [-0.15, -0.1) is 0 Å². The van der Waals surface area contributed by atoms with Gasteiger partial charge in [-0.3, -0.25) is 0 Å². The Hall–Kier alpha value is -2.18. The van der Waals surface area contributed by atoms with Crippen LogP contribution in [0.25, 0.3) is 22.2 Å². The Kier molecular flexibility index (Phi) is 3.65. The van der Waals surface area contributed by atoms with E-state index in [1.807, 2.05) is 19.9 Å². The molecule has 2 atom stereocenters. The molecule has 2 N–H and O–H groups in total. The highest BCUT2D eigenvalue weighted by Gasteiger charge is 2.31. The predicted octanol–water partition coefficient (Wildman–Crippen LogP) is 3.92. The van der Waals surface area contributed by atoms with E-state index in [1.54, 1.807) is 0 Å². The monoisotopic (exact) mass is 353 g/mol. The Labute approximate surface area is 151 Å². The maximum absolute atomic E-state index is 11.0. The summed E-state index contributed by atoms with van der Waals surface area (Å²) in [4.78, 5) is 8.29. The molecule has 3 aromatic rings. The fraction of sp³-hybridized carbons (Fsp3) is 0.500. The number of aromatic amines is 1. The smallest absolute Gasteiger partial charge is 0.141 e. The average Bonchev–Trinajstić information content (AvgIpc) is 3.04. The summed E-state index contributed by atoms with van der Waals surface area (Å²) in [5, 5.41) is 15.1. The highest BCUT2D eigenvalue weighted by molar-refractivity contribution is 5.86. The molecule has 0 unspecified atom stereocenters. The summed E-state index contributed by atoms with van der Waals surface area (Å²) < 4.78 is 11.1. The number of H-pyrrole nitrogens is 1. The van der Waals surface area contributed by atoms with Crippen LogP contribution in [0.1, 0.15) is 60.5 Å². The first-order valence-electron chi connectivity index (χ1n) is 9.38. The lowest BCUT2D eigenvalue weighted by molar-refractivity contribution is -0.00192. The fourth-order valence-corrected chi connectivity index (χ4v) is 4.03. The summed E-state index contributed by atoms with van der Waals surface area (Å²) in [5.74, 6) is 2.33. The fourth-order valence-electron chi connectivity index (χ4n) is 4.03. The number of aliphatic hydroxyl groups is 1.